The molecule has 0 bridgehead atoms. The second-order valence-corrected chi connectivity index (χ2v) is 3.16. The Kier molecular flexibility index (Phi) is 2.98. The first-order valence-corrected chi connectivity index (χ1v) is 4.61. The van der Waals surface area contributed by atoms with Crippen LogP contribution in [-0.4, -0.2) is 5.11 Å². The van der Waals surface area contributed by atoms with E-state index in [1.807, 2.05) is 36.4 Å². The molecule has 16 heavy (non-hydrogen) atoms. The van der Waals surface area contributed by atoms with Crippen LogP contribution in [-0.2, 0) is 0 Å². The molecular weight excluding hydrogens is 455 g/mol. The molecular formula is C12H11N2ORf+. The summed E-state index contributed by atoms with van der Waals surface area (Å²) in [6, 6.07) is 14.5. The molecule has 3 nitrogen and oxygen atoms in total. The third-order valence-corrected chi connectivity index (χ3v) is 2.24. The van der Waals surface area contributed by atoms with Crippen molar-refractivity contribution < 1.29 is 10.6 Å². The van der Waals surface area contributed by atoms with Gasteiger partial charge in [0, 0.05) is 11.1 Å². The number of aromatic hydroxyl groups is 1. The summed E-state index contributed by atoms with van der Waals surface area (Å²) in [6.45, 7) is 0. The molecule has 2 rings (SSSR count). The summed E-state index contributed by atoms with van der Waals surface area (Å²) >= 11 is 0. The van der Waals surface area contributed by atoms with Crippen molar-refractivity contribution in [1.82, 2.24) is 0 Å². The molecule has 0 heterocycles. The van der Waals surface area contributed by atoms with Crippen molar-refractivity contribution in [2.75, 3.05) is 0 Å². The first-order valence-electron chi connectivity index (χ1n) is 4.61. The fraction of sp³-hybridized carbons (Fsp3) is 0. The van der Waals surface area contributed by atoms with Crippen molar-refractivity contribution in [2.24, 2.45) is 5.11 Å². The van der Waals surface area contributed by atoms with Crippen LogP contribution in [0, 0.1) is 0 Å². The van der Waals surface area contributed by atoms with Crippen LogP contribution in [0.1, 0.15) is 0 Å². The van der Waals surface area contributed by atoms with Gasteiger partial charge in [0.1, 0.15) is 11.4 Å². The minimum atomic E-state index is 0. The van der Waals surface area contributed by atoms with Crippen LogP contribution in [0.25, 0.3) is 11.1 Å². The number of nitrogens with zero attached hydrogens (tertiary/aromatic N) is 1. The van der Waals surface area contributed by atoms with Gasteiger partial charge in [-0.1, -0.05) is 36.4 Å². The Hall–Kier alpha value is -3.16. The summed E-state index contributed by atoms with van der Waals surface area (Å²) < 4.78 is 0. The number of hydrogen-bond donors (Lipinski definition) is 2. The van der Waals surface area contributed by atoms with Crippen LogP contribution >= 0.6 is 0 Å². The maximum atomic E-state index is 9.70. The maximum Gasteiger partial charge on any atom is 0.137 e. The van der Waals surface area contributed by atoms with E-state index in [-0.39, 0.29) is 5.75 Å². The molecule has 4 heteroatoms. The fourth-order valence-electron chi connectivity index (χ4n) is 1.52. The predicted molar refractivity (Wildman–Crippen MR) is 57.6 cm³/mol. The number of para-hydroxylation sites is 1. The topological polar surface area (TPSA) is 58.2 Å². The normalized spacial score (nSPS) is 9.25. The minimum Gasteiger partial charge on any atom is -0.507 e. The van der Waals surface area contributed by atoms with Gasteiger partial charge in [0.15, 0.2) is 0 Å². The third kappa shape index (κ3) is 1.70. The number of nitrogens with two attached hydrogens (primary N) is 1. The molecule has 0 atom stereocenters. The molecule has 3 N–H and O–H groups in total. The van der Waals surface area contributed by atoms with E-state index in [4.69, 9.17) is 5.53 Å². The van der Waals surface area contributed by atoms with Gasteiger partial charge in [-0.15, -0.1) is 0 Å². The molecule has 0 aliphatic heterocycles. The van der Waals surface area contributed by atoms with Crippen LogP contribution in [0.3, 0.4) is 0 Å². The molecule has 0 aromatic heterocycles. The van der Waals surface area contributed by atoms with Crippen molar-refractivity contribution in [3.63, 3.8) is 0 Å². The number of hydrogen-bond acceptors (Lipinski definition) is 2. The zero-order valence-electron chi connectivity index (χ0n) is 8.80. The summed E-state index contributed by atoms with van der Waals surface area (Å²) in [4.78, 5) is 0. The van der Waals surface area contributed by atoms with E-state index in [2.05, 4.69) is 5.11 Å². The summed E-state index contributed by atoms with van der Waals surface area (Å²) in [6.07, 6.45) is 0. The molecule has 0 aliphatic rings. The van der Waals surface area contributed by atoms with Gasteiger partial charge in [-0.05, 0) is 17.2 Å². The number of phenols is 1. The average Bonchev–Trinajstić information content (AvgIpc) is 2.30. The Morgan fingerprint density at radius 1 is 0.875 bits per heavy atom. The predicted octanol–water partition coefficient (Wildman–Crippen LogP) is 1.90. The Balaban J connectivity index is 0.00000128. The number of rotatable bonds is 2. The standard InChI is InChI=1S/C12H10N2O.Rf/c13-14-11-7-3-1-5-9(11)10-6-2-4-8-12(10)15;/h1-8,13,15H;/p+1. The zero-order valence-corrected chi connectivity index (χ0v) is 15.2. The van der Waals surface area contributed by atoms with Gasteiger partial charge in [-0.25, -0.2) is 0 Å². The summed E-state index contributed by atoms with van der Waals surface area (Å²) in [5.41, 5.74) is 7.52. The molecule has 0 fully saturated rings. The van der Waals surface area contributed by atoms with Gasteiger partial charge in [0.2, 0.25) is 0 Å². The van der Waals surface area contributed by atoms with Crippen LogP contribution in [0.5, 0.6) is 5.75 Å². The van der Waals surface area contributed by atoms with Crippen molar-refractivity contribution in [1.29, 1.82) is 0 Å². The minimum absolute atomic E-state index is 0. The average molecular weight is 466 g/mol. The molecule has 0 saturated carbocycles. The van der Waals surface area contributed by atoms with Gasteiger partial charge >= 0.3 is 0 Å². The third-order valence-electron chi connectivity index (χ3n) is 2.24. The van der Waals surface area contributed by atoms with Gasteiger partial charge in [-0.3, -0.25) is 0 Å². The van der Waals surface area contributed by atoms with Crippen molar-refractivity contribution in [3.8, 4) is 16.9 Å². The molecule has 0 spiro atoms. The number of benzene rings is 2. The Labute approximate surface area is 87.5 Å². The first kappa shape index (κ1) is 10.9. The quantitative estimate of drug-likeness (QED) is 0.654. The molecule has 2 aromatic rings. The maximum absolute atomic E-state index is 9.70. The molecule has 0 radical (unpaired) electrons. The molecule has 0 saturated heterocycles. The first-order chi connectivity index (χ1) is 7.33. The van der Waals surface area contributed by atoms with Gasteiger partial charge in [0.25, 0.3) is 0 Å². The van der Waals surface area contributed by atoms with Crippen molar-refractivity contribution >= 4 is 5.69 Å². The molecule has 0 amide bonds. The second-order valence-electron chi connectivity index (χ2n) is 3.16. The largest absolute Gasteiger partial charge is 0.507 e. The molecule has 2 aromatic carbocycles. The zero-order chi connectivity index (χ0) is 10.7. The summed E-state index contributed by atoms with van der Waals surface area (Å²) in [7, 11) is 0. The Morgan fingerprint density at radius 3 is 2.06 bits per heavy atom. The monoisotopic (exact) mass is 466 g/mol. The molecule has 0 unspecified atom stereocenters. The SMILES string of the molecule is [NH2+]=Nc1ccccc1-c1ccccc1O.[Rf]. The Bertz CT molecular complexity index is 500. The van der Waals surface area contributed by atoms with E-state index in [1.165, 1.54) is 0 Å². The van der Waals surface area contributed by atoms with Gasteiger partial charge in [0.05, 0.1) is 0 Å². The Morgan fingerprint density at radius 2 is 1.44 bits per heavy atom. The van der Waals surface area contributed by atoms with Crippen LogP contribution < -0.4 is 5.53 Å². The van der Waals surface area contributed by atoms with E-state index in [0.717, 1.165) is 11.1 Å². The fourth-order valence-corrected chi connectivity index (χ4v) is 1.52. The van der Waals surface area contributed by atoms with Gasteiger partial charge in [-0.2, -0.15) is 5.53 Å². The van der Waals surface area contributed by atoms with E-state index in [1.54, 1.807) is 12.1 Å². The molecule has 0 aliphatic carbocycles. The van der Waals surface area contributed by atoms with Crippen LogP contribution in [0.15, 0.2) is 53.6 Å². The number of phenolic OH excluding ortho intramolecular Hbond substituents is 1. The summed E-state index contributed by atoms with van der Waals surface area (Å²) in [5.74, 6) is 0.230. The summed E-state index contributed by atoms with van der Waals surface area (Å²) in [5, 5.41) is 13.4. The van der Waals surface area contributed by atoms with Crippen LogP contribution in [0.4, 0.5) is 5.69 Å². The van der Waals surface area contributed by atoms with E-state index >= 15 is 0 Å². The van der Waals surface area contributed by atoms with Crippen LogP contribution in [0.2, 0.25) is 0 Å². The van der Waals surface area contributed by atoms with Crippen molar-refractivity contribution in [3.05, 3.63) is 48.5 Å². The van der Waals surface area contributed by atoms with Crippen molar-refractivity contribution in [2.45, 2.75) is 0 Å². The van der Waals surface area contributed by atoms with Gasteiger partial charge < -0.3 is 5.11 Å². The molecule has 76 valence electrons. The smallest absolute Gasteiger partial charge is 0.137 e. The van der Waals surface area contributed by atoms with E-state index in [9.17, 15) is 5.11 Å². The van der Waals surface area contributed by atoms with E-state index < -0.39 is 0 Å². The second kappa shape index (κ2) is 4.37. The van der Waals surface area contributed by atoms with E-state index in [0.29, 0.717) is 5.69 Å².